The van der Waals surface area contributed by atoms with Crippen molar-refractivity contribution in [2.45, 2.75) is 0 Å². The number of nitrogens with one attached hydrogen (secondary N) is 1. The Balaban J connectivity index is 1.72. The molecule has 2 aromatic carbocycles. The number of nitro benzene ring substituents is 1. The van der Waals surface area contributed by atoms with Crippen LogP contribution in [0, 0.1) is 10.1 Å². The van der Waals surface area contributed by atoms with Gasteiger partial charge in [-0.3, -0.25) is 14.3 Å². The van der Waals surface area contributed by atoms with Gasteiger partial charge in [-0.1, -0.05) is 22.0 Å². The maximum Gasteiger partial charge on any atom is 0.311 e. The molecule has 3 aromatic rings. The summed E-state index contributed by atoms with van der Waals surface area (Å²) in [6, 6.07) is 10.2. The van der Waals surface area contributed by atoms with E-state index in [9.17, 15) is 18.5 Å². The summed E-state index contributed by atoms with van der Waals surface area (Å²) in [7, 11) is -3.53. The molecule has 0 radical (unpaired) electrons. The molecule has 170 valence electrons. The first-order valence-electron chi connectivity index (χ1n) is 9.23. The van der Waals surface area contributed by atoms with Crippen molar-refractivity contribution in [2.75, 3.05) is 38.0 Å². The second-order valence-electron chi connectivity index (χ2n) is 6.44. The second-order valence-corrected chi connectivity index (χ2v) is 9.00. The van der Waals surface area contributed by atoms with Gasteiger partial charge < -0.3 is 14.8 Å². The lowest BCUT2D eigenvalue weighted by atomic mass is 10.2. The quantitative estimate of drug-likeness (QED) is 0.171. The number of ether oxygens (including phenoxy) is 2. The molecule has 13 heteroatoms. The van der Waals surface area contributed by atoms with Crippen LogP contribution in [0.2, 0.25) is 0 Å². The van der Waals surface area contributed by atoms with E-state index in [1.807, 2.05) is 24.3 Å². The molecule has 0 amide bonds. The predicted molar refractivity (Wildman–Crippen MR) is 121 cm³/mol. The zero-order valence-corrected chi connectivity index (χ0v) is 19.3. The van der Waals surface area contributed by atoms with Gasteiger partial charge in [-0.15, -0.1) is 0 Å². The maximum absolute atomic E-state index is 11.6. The van der Waals surface area contributed by atoms with E-state index < -0.39 is 15.0 Å². The molecular formula is C19H19BrN4O7S. The van der Waals surface area contributed by atoms with Crippen LogP contribution in [0.1, 0.15) is 0 Å². The molecule has 3 rings (SSSR count). The summed E-state index contributed by atoms with van der Waals surface area (Å²) in [6.07, 6.45) is 2.29. The number of aromatic nitrogens is 2. The SMILES string of the molecule is CS(=O)(=O)OCCOCCOc1cc2ncnc(Nc3cccc(Br)c3)c2cc1[N+](=O)[O-]. The van der Waals surface area contributed by atoms with Crippen LogP contribution in [0.3, 0.4) is 0 Å². The molecule has 32 heavy (non-hydrogen) atoms. The van der Waals surface area contributed by atoms with E-state index in [0.29, 0.717) is 16.7 Å². The first-order chi connectivity index (χ1) is 15.2. The Hall–Kier alpha value is -2.87. The van der Waals surface area contributed by atoms with Gasteiger partial charge in [-0.25, -0.2) is 9.97 Å². The molecule has 0 saturated carbocycles. The third-order valence-electron chi connectivity index (χ3n) is 4.01. The van der Waals surface area contributed by atoms with Crippen LogP contribution in [-0.4, -0.2) is 56.0 Å². The standard InChI is InChI=1S/C19H19BrN4O7S/c1-32(27,28)31-8-6-29-5-7-30-18-11-16-15(10-17(18)24(25)26)19(22-12-21-16)23-14-4-2-3-13(20)9-14/h2-4,9-12H,5-8H2,1H3,(H,21,22,23). The number of hydrogen-bond donors (Lipinski definition) is 1. The Morgan fingerprint density at radius 2 is 1.91 bits per heavy atom. The van der Waals surface area contributed by atoms with Crippen molar-refractivity contribution in [3.8, 4) is 5.75 Å². The number of fused-ring (bicyclic) bond motifs is 1. The lowest BCUT2D eigenvalue weighted by Crippen LogP contribution is -2.13. The molecule has 0 aliphatic heterocycles. The Kier molecular flexibility index (Phi) is 7.90. The summed E-state index contributed by atoms with van der Waals surface area (Å²) < 4.78 is 37.9. The molecule has 11 nitrogen and oxygen atoms in total. The van der Waals surface area contributed by atoms with Crippen molar-refractivity contribution in [3.05, 3.63) is 57.3 Å². The molecule has 0 spiro atoms. The molecule has 0 aliphatic rings. The first kappa shape index (κ1) is 23.8. The maximum atomic E-state index is 11.6. The summed E-state index contributed by atoms with van der Waals surface area (Å²) in [4.78, 5) is 19.4. The van der Waals surface area contributed by atoms with Gasteiger partial charge >= 0.3 is 5.69 Å². The van der Waals surface area contributed by atoms with E-state index in [4.69, 9.17) is 9.47 Å². The van der Waals surface area contributed by atoms with Gasteiger partial charge in [0.15, 0.2) is 5.75 Å². The number of nitro groups is 1. The molecule has 0 fully saturated rings. The zero-order chi connectivity index (χ0) is 23.1. The van der Waals surface area contributed by atoms with Crippen molar-refractivity contribution >= 4 is 54.1 Å². The normalized spacial score (nSPS) is 11.4. The summed E-state index contributed by atoms with van der Waals surface area (Å²) >= 11 is 3.40. The van der Waals surface area contributed by atoms with Crippen molar-refractivity contribution in [3.63, 3.8) is 0 Å². The average molecular weight is 527 g/mol. The van der Waals surface area contributed by atoms with Crippen LogP contribution in [0.25, 0.3) is 10.9 Å². The van der Waals surface area contributed by atoms with Crippen molar-refractivity contribution in [2.24, 2.45) is 0 Å². The topological polar surface area (TPSA) is 143 Å². The smallest absolute Gasteiger partial charge is 0.311 e. The highest BCUT2D eigenvalue weighted by Crippen LogP contribution is 2.34. The van der Waals surface area contributed by atoms with Gasteiger partial charge in [0.05, 0.1) is 41.9 Å². The van der Waals surface area contributed by atoms with Crippen molar-refractivity contribution in [1.29, 1.82) is 0 Å². The van der Waals surface area contributed by atoms with E-state index in [0.717, 1.165) is 16.4 Å². The van der Waals surface area contributed by atoms with E-state index >= 15 is 0 Å². The Bertz CT molecular complexity index is 1220. The Morgan fingerprint density at radius 3 is 2.62 bits per heavy atom. The number of benzene rings is 2. The van der Waals surface area contributed by atoms with Gasteiger partial charge in [-0.2, -0.15) is 8.42 Å². The molecule has 1 aromatic heterocycles. The summed E-state index contributed by atoms with van der Waals surface area (Å²) in [5.41, 5.74) is 0.963. The molecule has 0 saturated heterocycles. The van der Waals surface area contributed by atoms with Crippen LogP contribution in [0.4, 0.5) is 17.2 Å². The van der Waals surface area contributed by atoms with Crippen LogP contribution in [0.15, 0.2) is 47.2 Å². The number of anilines is 2. The van der Waals surface area contributed by atoms with Crippen LogP contribution in [-0.2, 0) is 19.0 Å². The van der Waals surface area contributed by atoms with E-state index in [2.05, 4.69) is 35.4 Å². The monoisotopic (exact) mass is 526 g/mol. The summed E-state index contributed by atoms with van der Waals surface area (Å²) in [6.45, 7) is 0.00890. The van der Waals surface area contributed by atoms with Gasteiger partial charge in [-0.05, 0) is 18.2 Å². The van der Waals surface area contributed by atoms with Gasteiger partial charge in [0.25, 0.3) is 10.1 Å². The number of halogens is 1. The van der Waals surface area contributed by atoms with E-state index in [1.165, 1.54) is 18.5 Å². The molecule has 1 heterocycles. The molecule has 0 unspecified atom stereocenters. The highest BCUT2D eigenvalue weighted by molar-refractivity contribution is 9.10. The Labute approximate surface area is 192 Å². The van der Waals surface area contributed by atoms with Gasteiger partial charge in [0, 0.05) is 22.3 Å². The molecule has 0 atom stereocenters. The van der Waals surface area contributed by atoms with E-state index in [1.54, 1.807) is 0 Å². The van der Waals surface area contributed by atoms with Crippen LogP contribution < -0.4 is 10.1 Å². The molecular weight excluding hydrogens is 508 g/mol. The fraction of sp³-hybridized carbons (Fsp3) is 0.263. The highest BCUT2D eigenvalue weighted by Gasteiger charge is 2.19. The minimum atomic E-state index is -3.53. The molecule has 0 bridgehead atoms. The number of rotatable bonds is 11. The fourth-order valence-corrected chi connectivity index (χ4v) is 3.46. The molecule has 1 N–H and O–H groups in total. The predicted octanol–water partition coefficient (Wildman–Crippen LogP) is 3.42. The van der Waals surface area contributed by atoms with E-state index in [-0.39, 0.29) is 37.9 Å². The summed E-state index contributed by atoms with van der Waals surface area (Å²) in [5.74, 6) is 0.447. The zero-order valence-electron chi connectivity index (χ0n) is 16.9. The minimum Gasteiger partial charge on any atom is -0.484 e. The third kappa shape index (κ3) is 6.82. The van der Waals surface area contributed by atoms with Crippen molar-refractivity contribution < 1.29 is 27.0 Å². The third-order valence-corrected chi connectivity index (χ3v) is 5.10. The Morgan fingerprint density at radius 1 is 1.12 bits per heavy atom. The fourth-order valence-electron chi connectivity index (χ4n) is 2.69. The second kappa shape index (κ2) is 10.6. The largest absolute Gasteiger partial charge is 0.484 e. The highest BCUT2D eigenvalue weighted by atomic mass is 79.9. The van der Waals surface area contributed by atoms with Crippen LogP contribution in [0.5, 0.6) is 5.75 Å². The summed E-state index contributed by atoms with van der Waals surface area (Å²) in [5, 5.41) is 15.2. The lowest BCUT2D eigenvalue weighted by Gasteiger charge is -2.11. The molecule has 0 aliphatic carbocycles. The minimum absolute atomic E-state index is 0.0133. The lowest BCUT2D eigenvalue weighted by molar-refractivity contribution is -0.385. The van der Waals surface area contributed by atoms with Crippen LogP contribution >= 0.6 is 15.9 Å². The number of hydrogen-bond acceptors (Lipinski definition) is 10. The van der Waals surface area contributed by atoms with Gasteiger partial charge in [0.1, 0.15) is 18.8 Å². The van der Waals surface area contributed by atoms with Crippen molar-refractivity contribution in [1.82, 2.24) is 9.97 Å². The number of nitrogens with zero attached hydrogens (tertiary/aromatic N) is 3. The van der Waals surface area contributed by atoms with Gasteiger partial charge in [0.2, 0.25) is 0 Å². The average Bonchev–Trinajstić information content (AvgIpc) is 2.72. The first-order valence-corrected chi connectivity index (χ1v) is 11.8.